The molecule has 0 heterocycles. The lowest BCUT2D eigenvalue weighted by molar-refractivity contribution is 0.0599. The second-order valence-electron chi connectivity index (χ2n) is 5.89. The summed E-state index contributed by atoms with van der Waals surface area (Å²) in [6.45, 7) is 0.676. The Morgan fingerprint density at radius 3 is 2.83 bits per heavy atom. The predicted molar refractivity (Wildman–Crippen MR) is 90.9 cm³/mol. The quantitative estimate of drug-likeness (QED) is 0.767. The summed E-state index contributed by atoms with van der Waals surface area (Å²) in [5, 5.41) is 17.6. The van der Waals surface area contributed by atoms with Crippen LogP contribution in [0.1, 0.15) is 17.5 Å². The predicted octanol–water partition coefficient (Wildman–Crippen LogP) is 2.46. The number of carbonyl (C=O) groups is 1. The van der Waals surface area contributed by atoms with Gasteiger partial charge in [-0.25, -0.2) is 4.79 Å². The standard InChI is InChI=1S/C18H22N2O3/c1-23-11-14(21)9-10-19-18(22)20-16-8-7-13-6-5-12-3-2-4-15(16)17(12)13/h2-4,7-8,14,21H,5-6,9-11H2,1H3,(H2,19,20,22). The highest BCUT2D eigenvalue weighted by Crippen LogP contribution is 2.34. The Morgan fingerprint density at radius 1 is 1.26 bits per heavy atom. The molecule has 122 valence electrons. The minimum absolute atomic E-state index is 0.256. The van der Waals surface area contributed by atoms with Crippen LogP contribution in [0.15, 0.2) is 30.3 Å². The Morgan fingerprint density at radius 2 is 2.04 bits per heavy atom. The number of carbonyl (C=O) groups excluding carboxylic acids is 1. The van der Waals surface area contributed by atoms with Gasteiger partial charge in [0.2, 0.25) is 0 Å². The van der Waals surface area contributed by atoms with Crippen molar-refractivity contribution in [2.45, 2.75) is 25.4 Å². The minimum Gasteiger partial charge on any atom is -0.391 e. The number of urea groups is 1. The van der Waals surface area contributed by atoms with Crippen molar-refractivity contribution in [1.82, 2.24) is 5.32 Å². The smallest absolute Gasteiger partial charge is 0.319 e. The van der Waals surface area contributed by atoms with Crippen molar-refractivity contribution in [3.8, 4) is 0 Å². The third-order valence-electron chi connectivity index (χ3n) is 4.25. The molecule has 2 aromatic carbocycles. The molecule has 0 spiro atoms. The zero-order valence-corrected chi connectivity index (χ0v) is 13.3. The molecule has 5 heteroatoms. The molecule has 3 N–H and O–H groups in total. The number of ether oxygens (including phenoxy) is 1. The van der Waals surface area contributed by atoms with E-state index >= 15 is 0 Å². The van der Waals surface area contributed by atoms with E-state index in [1.165, 1.54) is 16.5 Å². The highest BCUT2D eigenvalue weighted by molar-refractivity contribution is 6.04. The molecule has 0 aliphatic heterocycles. The number of aryl methyl sites for hydroxylation is 2. The number of aliphatic hydroxyl groups is 1. The van der Waals surface area contributed by atoms with Gasteiger partial charge in [0.05, 0.1) is 18.4 Å². The highest BCUT2D eigenvalue weighted by atomic mass is 16.5. The number of methoxy groups -OCH3 is 1. The fourth-order valence-electron chi connectivity index (χ4n) is 3.15. The molecule has 23 heavy (non-hydrogen) atoms. The number of rotatable bonds is 6. The number of nitrogens with one attached hydrogen (secondary N) is 2. The Kier molecular flexibility index (Phi) is 4.79. The Hall–Kier alpha value is -2.11. The second kappa shape index (κ2) is 6.98. The van der Waals surface area contributed by atoms with Gasteiger partial charge in [-0.15, -0.1) is 0 Å². The Bertz CT molecular complexity index is 704. The highest BCUT2D eigenvalue weighted by Gasteiger charge is 2.16. The zero-order chi connectivity index (χ0) is 16.2. The largest absolute Gasteiger partial charge is 0.391 e. The van der Waals surface area contributed by atoms with Gasteiger partial charge in [0.25, 0.3) is 0 Å². The van der Waals surface area contributed by atoms with Gasteiger partial charge >= 0.3 is 6.03 Å². The molecule has 2 aromatic rings. The monoisotopic (exact) mass is 314 g/mol. The summed E-state index contributed by atoms with van der Waals surface area (Å²) < 4.78 is 4.85. The van der Waals surface area contributed by atoms with Gasteiger partial charge in [-0.3, -0.25) is 0 Å². The van der Waals surface area contributed by atoms with E-state index in [1.807, 2.05) is 18.2 Å². The topological polar surface area (TPSA) is 70.6 Å². The van der Waals surface area contributed by atoms with E-state index in [1.54, 1.807) is 7.11 Å². The van der Waals surface area contributed by atoms with E-state index in [2.05, 4.69) is 22.8 Å². The molecule has 5 nitrogen and oxygen atoms in total. The maximum absolute atomic E-state index is 12.0. The lowest BCUT2D eigenvalue weighted by Crippen LogP contribution is -2.32. The molecule has 0 radical (unpaired) electrons. The zero-order valence-electron chi connectivity index (χ0n) is 13.3. The number of hydrogen-bond acceptors (Lipinski definition) is 3. The molecule has 3 rings (SSSR count). The summed E-state index contributed by atoms with van der Waals surface area (Å²) in [4.78, 5) is 12.0. The van der Waals surface area contributed by atoms with E-state index in [0.29, 0.717) is 13.0 Å². The van der Waals surface area contributed by atoms with E-state index in [9.17, 15) is 9.90 Å². The van der Waals surface area contributed by atoms with Crippen molar-refractivity contribution in [2.24, 2.45) is 0 Å². The molecule has 2 amide bonds. The minimum atomic E-state index is -0.558. The fourth-order valence-corrected chi connectivity index (χ4v) is 3.15. The average molecular weight is 314 g/mol. The molecule has 0 fully saturated rings. The van der Waals surface area contributed by atoms with Gasteiger partial charge in [0, 0.05) is 19.0 Å². The first kappa shape index (κ1) is 15.8. The summed E-state index contributed by atoms with van der Waals surface area (Å²) in [6.07, 6.45) is 2.04. The Balaban J connectivity index is 1.65. The third-order valence-corrected chi connectivity index (χ3v) is 4.25. The maximum atomic E-state index is 12.0. The van der Waals surface area contributed by atoms with Crippen molar-refractivity contribution in [3.05, 3.63) is 41.5 Å². The maximum Gasteiger partial charge on any atom is 0.319 e. The van der Waals surface area contributed by atoms with Crippen LogP contribution in [0.2, 0.25) is 0 Å². The van der Waals surface area contributed by atoms with Crippen molar-refractivity contribution < 1.29 is 14.6 Å². The van der Waals surface area contributed by atoms with Gasteiger partial charge < -0.3 is 20.5 Å². The number of aliphatic hydroxyl groups excluding tert-OH is 1. The van der Waals surface area contributed by atoms with Crippen LogP contribution in [-0.4, -0.2) is 37.5 Å². The lowest BCUT2D eigenvalue weighted by atomic mass is 10.0. The summed E-state index contributed by atoms with van der Waals surface area (Å²) in [7, 11) is 1.54. The molecule has 1 unspecified atom stereocenters. The summed E-state index contributed by atoms with van der Waals surface area (Å²) in [6, 6.07) is 10.0. The molecule has 0 aromatic heterocycles. The van der Waals surface area contributed by atoms with Crippen molar-refractivity contribution in [1.29, 1.82) is 0 Å². The molecular formula is C18H22N2O3. The molecule has 0 bridgehead atoms. The SMILES string of the molecule is COCC(O)CCNC(=O)Nc1ccc2c3c(cccc13)CC2. The van der Waals surface area contributed by atoms with Crippen LogP contribution in [0.25, 0.3) is 10.8 Å². The van der Waals surface area contributed by atoms with Crippen LogP contribution in [-0.2, 0) is 17.6 Å². The van der Waals surface area contributed by atoms with Crippen LogP contribution in [0.4, 0.5) is 10.5 Å². The molecule has 0 saturated heterocycles. The molecule has 1 atom stereocenters. The van der Waals surface area contributed by atoms with E-state index in [-0.39, 0.29) is 12.6 Å². The second-order valence-corrected chi connectivity index (χ2v) is 5.89. The first-order valence-corrected chi connectivity index (χ1v) is 7.94. The Labute approximate surface area is 135 Å². The molecule has 1 aliphatic rings. The lowest BCUT2D eigenvalue weighted by Gasteiger charge is -2.13. The van der Waals surface area contributed by atoms with Gasteiger partial charge in [-0.1, -0.05) is 24.3 Å². The first-order valence-electron chi connectivity index (χ1n) is 7.94. The molecule has 0 saturated carbocycles. The van der Waals surface area contributed by atoms with Gasteiger partial charge in [0.15, 0.2) is 0 Å². The third kappa shape index (κ3) is 3.46. The van der Waals surface area contributed by atoms with Crippen molar-refractivity contribution >= 4 is 22.5 Å². The molecule has 1 aliphatic carbocycles. The average Bonchev–Trinajstić information content (AvgIpc) is 2.95. The van der Waals surface area contributed by atoms with E-state index in [4.69, 9.17) is 4.74 Å². The van der Waals surface area contributed by atoms with E-state index < -0.39 is 6.10 Å². The van der Waals surface area contributed by atoms with Crippen LogP contribution in [0.3, 0.4) is 0 Å². The summed E-state index contributed by atoms with van der Waals surface area (Å²) >= 11 is 0. The van der Waals surface area contributed by atoms with Crippen LogP contribution in [0, 0.1) is 0 Å². The number of benzene rings is 2. The first-order chi connectivity index (χ1) is 11.2. The fraction of sp³-hybridized carbons (Fsp3) is 0.389. The normalized spacial score (nSPS) is 14.0. The molecular weight excluding hydrogens is 292 g/mol. The van der Waals surface area contributed by atoms with Crippen LogP contribution < -0.4 is 10.6 Å². The number of amides is 2. The van der Waals surface area contributed by atoms with Gasteiger partial charge in [0.1, 0.15) is 0 Å². The number of anilines is 1. The van der Waals surface area contributed by atoms with Crippen LogP contribution >= 0.6 is 0 Å². The van der Waals surface area contributed by atoms with Crippen molar-refractivity contribution in [2.75, 3.05) is 25.6 Å². The van der Waals surface area contributed by atoms with E-state index in [0.717, 1.165) is 23.9 Å². The summed E-state index contributed by atoms with van der Waals surface area (Å²) in [5.41, 5.74) is 3.52. The number of hydrogen-bond donors (Lipinski definition) is 3. The van der Waals surface area contributed by atoms with Crippen molar-refractivity contribution in [3.63, 3.8) is 0 Å². The summed E-state index contributed by atoms with van der Waals surface area (Å²) in [5.74, 6) is 0. The van der Waals surface area contributed by atoms with Gasteiger partial charge in [-0.05, 0) is 41.8 Å². The van der Waals surface area contributed by atoms with Gasteiger partial charge in [-0.2, -0.15) is 0 Å². The van der Waals surface area contributed by atoms with Crippen LogP contribution in [0.5, 0.6) is 0 Å².